The fraction of sp³-hybridized carbons (Fsp3) is 0.692. The Hall–Kier alpha value is -3.04. The summed E-state index contributed by atoms with van der Waals surface area (Å²) in [5, 5.41) is 5.64. The minimum Gasteiger partial charge on any atom is -0.459 e. The Labute approximate surface area is 213 Å². The highest BCUT2D eigenvalue weighted by molar-refractivity contribution is 5.81. The second-order valence-corrected chi connectivity index (χ2v) is 9.38. The maximum atomic E-state index is 12.2. The molecule has 0 aromatic carbocycles. The van der Waals surface area contributed by atoms with Crippen molar-refractivity contribution in [2.45, 2.75) is 64.6 Å². The van der Waals surface area contributed by atoms with Gasteiger partial charge < -0.3 is 29.6 Å². The molecule has 36 heavy (non-hydrogen) atoms. The zero-order valence-electron chi connectivity index (χ0n) is 21.4. The molecule has 6 unspecified atom stereocenters. The summed E-state index contributed by atoms with van der Waals surface area (Å²) in [6, 6.07) is 0. The van der Waals surface area contributed by atoms with Crippen LogP contribution in [-0.2, 0) is 28.5 Å². The first-order valence-electron chi connectivity index (χ1n) is 12.8. The lowest BCUT2D eigenvalue weighted by Crippen LogP contribution is -2.36. The van der Waals surface area contributed by atoms with Crippen molar-refractivity contribution in [1.29, 1.82) is 0 Å². The molecule has 2 saturated carbocycles. The molecule has 10 nitrogen and oxygen atoms in total. The average molecular weight is 509 g/mol. The van der Waals surface area contributed by atoms with Gasteiger partial charge in [-0.05, 0) is 62.2 Å². The standard InChI is InChI=1S/C26H40N2O8/c1-5-21(35-24(30)8-4)16-34-25(31)27-10-9-17-11-19-12-18(17)13-20(19)14-28-26(32)36-22(6-2)15-33-23(29)7-3/h7-8,17-22H,3-6,9-16H2,1-2H3,(H,27,31)(H,28,32). The molecule has 2 fully saturated rings. The van der Waals surface area contributed by atoms with E-state index in [-0.39, 0.29) is 13.2 Å². The van der Waals surface area contributed by atoms with Gasteiger partial charge in [0.05, 0.1) is 0 Å². The van der Waals surface area contributed by atoms with E-state index in [0.717, 1.165) is 37.8 Å². The van der Waals surface area contributed by atoms with E-state index < -0.39 is 36.3 Å². The highest BCUT2D eigenvalue weighted by Crippen LogP contribution is 2.52. The predicted molar refractivity (Wildman–Crippen MR) is 132 cm³/mol. The molecule has 10 heteroatoms. The second-order valence-electron chi connectivity index (χ2n) is 9.38. The molecule has 0 spiro atoms. The minimum absolute atomic E-state index is 0.00608. The number of carbonyl (C=O) groups excluding carboxylic acids is 4. The molecule has 2 aliphatic rings. The highest BCUT2D eigenvalue weighted by atomic mass is 16.6. The van der Waals surface area contributed by atoms with Crippen molar-refractivity contribution in [3.8, 4) is 0 Å². The van der Waals surface area contributed by atoms with E-state index in [1.54, 1.807) is 0 Å². The van der Waals surface area contributed by atoms with Crippen molar-refractivity contribution in [2.24, 2.45) is 23.7 Å². The van der Waals surface area contributed by atoms with Crippen LogP contribution in [0.15, 0.2) is 25.3 Å². The van der Waals surface area contributed by atoms with Gasteiger partial charge in [-0.15, -0.1) is 0 Å². The van der Waals surface area contributed by atoms with E-state index in [2.05, 4.69) is 23.8 Å². The predicted octanol–water partition coefficient (Wildman–Crippen LogP) is 3.51. The zero-order chi connectivity index (χ0) is 26.5. The third kappa shape index (κ3) is 9.54. The third-order valence-electron chi connectivity index (χ3n) is 7.06. The van der Waals surface area contributed by atoms with Gasteiger partial charge in [0.1, 0.15) is 25.4 Å². The maximum Gasteiger partial charge on any atom is 0.407 e. The molecule has 2 amide bonds. The molecule has 6 atom stereocenters. The van der Waals surface area contributed by atoms with E-state index in [4.69, 9.17) is 18.9 Å². The van der Waals surface area contributed by atoms with Gasteiger partial charge >= 0.3 is 24.1 Å². The Morgan fingerprint density at radius 1 is 0.806 bits per heavy atom. The van der Waals surface area contributed by atoms with Crippen LogP contribution in [0.3, 0.4) is 0 Å². The number of hydrogen-bond donors (Lipinski definition) is 2. The van der Waals surface area contributed by atoms with Crippen LogP contribution in [0.1, 0.15) is 52.4 Å². The molecule has 0 aliphatic heterocycles. The molecular weight excluding hydrogens is 468 g/mol. The van der Waals surface area contributed by atoms with Crippen LogP contribution < -0.4 is 10.6 Å². The molecule has 0 aromatic heterocycles. The van der Waals surface area contributed by atoms with E-state index >= 15 is 0 Å². The molecule has 0 heterocycles. The quantitative estimate of drug-likeness (QED) is 0.195. The number of ether oxygens (including phenoxy) is 4. The van der Waals surface area contributed by atoms with Crippen molar-refractivity contribution >= 4 is 24.1 Å². The first-order valence-corrected chi connectivity index (χ1v) is 12.8. The summed E-state index contributed by atoms with van der Waals surface area (Å²) < 4.78 is 20.6. The first kappa shape index (κ1) is 29.2. The van der Waals surface area contributed by atoms with Gasteiger partial charge in [-0.1, -0.05) is 27.0 Å². The van der Waals surface area contributed by atoms with Crippen LogP contribution in [-0.4, -0.2) is 62.6 Å². The summed E-state index contributed by atoms with van der Waals surface area (Å²) in [5.74, 6) is 1.01. The maximum absolute atomic E-state index is 12.2. The van der Waals surface area contributed by atoms with Gasteiger partial charge in [-0.3, -0.25) is 0 Å². The zero-order valence-corrected chi connectivity index (χ0v) is 21.4. The van der Waals surface area contributed by atoms with E-state index in [1.165, 1.54) is 0 Å². The minimum atomic E-state index is -0.544. The molecule has 2 N–H and O–H groups in total. The van der Waals surface area contributed by atoms with Gasteiger partial charge in [0.2, 0.25) is 0 Å². The number of nitrogens with one attached hydrogen (secondary N) is 2. The Morgan fingerprint density at radius 2 is 1.42 bits per heavy atom. The summed E-state index contributed by atoms with van der Waals surface area (Å²) in [6.07, 6.45) is 5.37. The van der Waals surface area contributed by atoms with E-state index in [9.17, 15) is 19.2 Å². The van der Waals surface area contributed by atoms with Crippen molar-refractivity contribution in [2.75, 3.05) is 26.3 Å². The second kappa shape index (κ2) is 15.2. The fourth-order valence-corrected chi connectivity index (χ4v) is 5.02. The Kier molecular flexibility index (Phi) is 12.3. The molecule has 0 aromatic rings. The number of rotatable bonds is 15. The van der Waals surface area contributed by atoms with Gasteiger partial charge in [-0.2, -0.15) is 0 Å². The third-order valence-corrected chi connectivity index (χ3v) is 7.06. The lowest BCUT2D eigenvalue weighted by molar-refractivity contribution is -0.145. The largest absolute Gasteiger partial charge is 0.459 e. The van der Waals surface area contributed by atoms with Crippen molar-refractivity contribution in [1.82, 2.24) is 10.6 Å². The van der Waals surface area contributed by atoms with Crippen molar-refractivity contribution in [3.05, 3.63) is 25.3 Å². The lowest BCUT2D eigenvalue weighted by atomic mass is 9.80. The first-order chi connectivity index (χ1) is 17.3. The van der Waals surface area contributed by atoms with Crippen LogP contribution in [0.5, 0.6) is 0 Å². The summed E-state index contributed by atoms with van der Waals surface area (Å²) in [7, 11) is 0. The molecule has 202 valence electrons. The van der Waals surface area contributed by atoms with Crippen LogP contribution in [0.4, 0.5) is 9.59 Å². The molecular formula is C26H40N2O8. The summed E-state index contributed by atoms with van der Waals surface area (Å²) in [5.41, 5.74) is 0. The number of alkyl carbamates (subject to hydrolysis) is 2. The molecule has 2 rings (SSSR count). The van der Waals surface area contributed by atoms with Crippen molar-refractivity contribution in [3.63, 3.8) is 0 Å². The normalized spacial score (nSPS) is 23.6. The fourth-order valence-electron chi connectivity index (χ4n) is 5.02. The van der Waals surface area contributed by atoms with Crippen LogP contribution >= 0.6 is 0 Å². The Morgan fingerprint density at radius 3 is 2.03 bits per heavy atom. The SMILES string of the molecule is C=CC(=O)OCC(CC)OC(=O)NCC1CC2CC1CC2CCNC(=O)OCC(CC)OC(=O)C=C. The van der Waals surface area contributed by atoms with E-state index in [0.29, 0.717) is 49.6 Å². The number of hydrogen-bond acceptors (Lipinski definition) is 8. The molecule has 2 bridgehead atoms. The van der Waals surface area contributed by atoms with Gasteiger partial charge in [-0.25, -0.2) is 19.2 Å². The Bertz CT molecular complexity index is 786. The number of amides is 2. The van der Waals surface area contributed by atoms with Gasteiger partial charge in [0.15, 0.2) is 0 Å². The highest BCUT2D eigenvalue weighted by Gasteiger charge is 2.45. The smallest absolute Gasteiger partial charge is 0.407 e. The molecule has 0 radical (unpaired) electrons. The number of carbonyl (C=O) groups is 4. The summed E-state index contributed by atoms with van der Waals surface area (Å²) in [4.78, 5) is 46.6. The summed E-state index contributed by atoms with van der Waals surface area (Å²) in [6.45, 7) is 11.5. The van der Waals surface area contributed by atoms with E-state index in [1.807, 2.05) is 13.8 Å². The van der Waals surface area contributed by atoms with Crippen molar-refractivity contribution < 1.29 is 38.1 Å². The molecule has 0 saturated heterocycles. The van der Waals surface area contributed by atoms with Crippen LogP contribution in [0.25, 0.3) is 0 Å². The number of esters is 2. The molecule has 2 aliphatic carbocycles. The topological polar surface area (TPSA) is 129 Å². The van der Waals surface area contributed by atoms with Crippen LogP contribution in [0.2, 0.25) is 0 Å². The average Bonchev–Trinajstić information content (AvgIpc) is 3.47. The van der Waals surface area contributed by atoms with Gasteiger partial charge in [0, 0.05) is 25.2 Å². The lowest BCUT2D eigenvalue weighted by Gasteiger charge is -2.28. The van der Waals surface area contributed by atoms with Crippen LogP contribution in [0, 0.1) is 23.7 Å². The number of fused-ring (bicyclic) bond motifs is 2. The summed E-state index contributed by atoms with van der Waals surface area (Å²) >= 11 is 0. The Balaban J connectivity index is 1.60. The van der Waals surface area contributed by atoms with Gasteiger partial charge in [0.25, 0.3) is 0 Å². The monoisotopic (exact) mass is 508 g/mol.